The van der Waals surface area contributed by atoms with Gasteiger partial charge >= 0.3 is 0 Å². The summed E-state index contributed by atoms with van der Waals surface area (Å²) in [5, 5.41) is 0. The predicted octanol–water partition coefficient (Wildman–Crippen LogP) is 0.978. The molecule has 2 atom stereocenters. The van der Waals surface area contributed by atoms with E-state index in [1.165, 1.54) is 10.6 Å². The molecule has 0 spiro atoms. The van der Waals surface area contributed by atoms with E-state index in [0.29, 0.717) is 32.0 Å². The molecule has 0 saturated carbocycles. The first-order chi connectivity index (χ1) is 9.47. The van der Waals surface area contributed by atoms with E-state index in [9.17, 15) is 13.2 Å². The van der Waals surface area contributed by atoms with Crippen LogP contribution < -0.4 is 0 Å². The number of rotatable bonds is 2. The molecule has 0 aromatic heterocycles. The largest absolute Gasteiger partial charge is 0.333 e. The maximum absolute atomic E-state index is 12.7. The molecule has 3 rings (SSSR count). The molecule has 20 heavy (non-hydrogen) atoms. The van der Waals surface area contributed by atoms with Crippen LogP contribution in [0.2, 0.25) is 0 Å². The number of hydrogen-bond acceptors (Lipinski definition) is 3. The molecule has 112 valence electrons. The molecule has 2 fully saturated rings. The molecule has 3 aliphatic heterocycles. The van der Waals surface area contributed by atoms with Crippen molar-refractivity contribution in [1.82, 2.24) is 9.21 Å². The summed E-state index contributed by atoms with van der Waals surface area (Å²) < 4.78 is 24.5. The number of amides is 1. The molecule has 0 aliphatic carbocycles. The van der Waals surface area contributed by atoms with E-state index in [1.807, 2.05) is 0 Å². The first-order valence-corrected chi connectivity index (χ1v) is 9.25. The Balaban J connectivity index is 1.64. The molecular weight excluding hydrogens is 276 g/mol. The van der Waals surface area contributed by atoms with Crippen molar-refractivity contribution < 1.29 is 13.2 Å². The number of piperidine rings is 1. The Kier molecular flexibility index (Phi) is 3.62. The Labute approximate surface area is 120 Å². The summed E-state index contributed by atoms with van der Waals surface area (Å²) in [5.74, 6) is 0.248. The third-order valence-electron chi connectivity index (χ3n) is 4.84. The lowest BCUT2D eigenvalue weighted by molar-refractivity contribution is -0.139. The second kappa shape index (κ2) is 5.15. The highest BCUT2D eigenvalue weighted by Crippen LogP contribution is 2.34. The van der Waals surface area contributed by atoms with Crippen LogP contribution in [0.5, 0.6) is 0 Å². The zero-order chi connectivity index (χ0) is 14.3. The van der Waals surface area contributed by atoms with Gasteiger partial charge in [-0.2, -0.15) is 0 Å². The molecule has 3 heterocycles. The van der Waals surface area contributed by atoms with Crippen molar-refractivity contribution in [2.45, 2.75) is 44.2 Å². The Hall–Kier alpha value is -0.880. The van der Waals surface area contributed by atoms with Gasteiger partial charge in [0.2, 0.25) is 15.9 Å². The Bertz CT molecular complexity index is 521. The minimum absolute atomic E-state index is 0.00241. The molecule has 1 amide bonds. The van der Waals surface area contributed by atoms with Crippen molar-refractivity contribution in [1.29, 1.82) is 0 Å². The molecule has 0 aromatic rings. The van der Waals surface area contributed by atoms with Crippen LogP contribution in [0, 0.1) is 5.92 Å². The fraction of sp³-hybridized carbons (Fsp3) is 0.786. The molecule has 6 heteroatoms. The van der Waals surface area contributed by atoms with Crippen LogP contribution in [0.4, 0.5) is 0 Å². The third-order valence-corrected chi connectivity index (χ3v) is 6.14. The number of fused-ring (bicyclic) bond motifs is 2. The van der Waals surface area contributed by atoms with Gasteiger partial charge in [0.25, 0.3) is 0 Å². The van der Waals surface area contributed by atoms with Crippen molar-refractivity contribution >= 4 is 15.9 Å². The number of nitrogens with zero attached hydrogens (tertiary/aromatic N) is 2. The van der Waals surface area contributed by atoms with Crippen LogP contribution >= 0.6 is 0 Å². The van der Waals surface area contributed by atoms with Gasteiger partial charge in [-0.3, -0.25) is 4.79 Å². The maximum atomic E-state index is 12.7. The summed E-state index contributed by atoms with van der Waals surface area (Å²) in [5.41, 5.74) is 0. The van der Waals surface area contributed by atoms with Crippen molar-refractivity contribution in [3.8, 4) is 0 Å². The van der Waals surface area contributed by atoms with Gasteiger partial charge in [0.05, 0.1) is 12.3 Å². The zero-order valence-corrected chi connectivity index (χ0v) is 12.7. The van der Waals surface area contributed by atoms with Gasteiger partial charge in [0.1, 0.15) is 0 Å². The molecule has 0 N–H and O–H groups in total. The lowest BCUT2D eigenvalue weighted by Gasteiger charge is -2.37. The quantitative estimate of drug-likeness (QED) is 0.714. The minimum atomic E-state index is -3.11. The lowest BCUT2D eigenvalue weighted by atomic mass is 9.95. The SMILES string of the molecule is CS(=O)(=O)N1CCC(C(=O)N2C3C=CCC2CC3)CC1. The molecular formula is C14H22N2O3S. The summed E-state index contributed by atoms with van der Waals surface area (Å²) in [6, 6.07) is 0.666. The number of hydrogen-bond donors (Lipinski definition) is 0. The van der Waals surface area contributed by atoms with Crippen molar-refractivity contribution in [3.05, 3.63) is 12.2 Å². The van der Waals surface area contributed by atoms with E-state index in [-0.39, 0.29) is 17.9 Å². The Morgan fingerprint density at radius 3 is 2.45 bits per heavy atom. The van der Waals surface area contributed by atoms with E-state index in [0.717, 1.165) is 19.3 Å². The zero-order valence-electron chi connectivity index (χ0n) is 11.9. The Morgan fingerprint density at radius 1 is 1.15 bits per heavy atom. The highest BCUT2D eigenvalue weighted by Gasteiger charge is 2.40. The van der Waals surface area contributed by atoms with Crippen LogP contribution in [0.3, 0.4) is 0 Å². The lowest BCUT2D eigenvalue weighted by Crippen LogP contribution is -2.48. The van der Waals surface area contributed by atoms with Gasteiger partial charge in [-0.05, 0) is 32.1 Å². The van der Waals surface area contributed by atoms with Gasteiger partial charge in [-0.25, -0.2) is 12.7 Å². The monoisotopic (exact) mass is 298 g/mol. The molecule has 3 aliphatic rings. The van der Waals surface area contributed by atoms with Crippen molar-refractivity contribution in [3.63, 3.8) is 0 Å². The van der Waals surface area contributed by atoms with E-state index >= 15 is 0 Å². The van der Waals surface area contributed by atoms with Crippen LogP contribution in [-0.4, -0.2) is 55.0 Å². The third kappa shape index (κ3) is 2.51. The van der Waals surface area contributed by atoms with Gasteiger partial charge in [0, 0.05) is 25.0 Å². The van der Waals surface area contributed by atoms with E-state index in [4.69, 9.17) is 0 Å². The smallest absolute Gasteiger partial charge is 0.226 e. The van der Waals surface area contributed by atoms with E-state index in [2.05, 4.69) is 17.1 Å². The molecule has 2 unspecified atom stereocenters. The highest BCUT2D eigenvalue weighted by molar-refractivity contribution is 7.88. The van der Waals surface area contributed by atoms with Crippen LogP contribution in [-0.2, 0) is 14.8 Å². The van der Waals surface area contributed by atoms with E-state index in [1.54, 1.807) is 0 Å². The second-order valence-electron chi connectivity index (χ2n) is 6.14. The van der Waals surface area contributed by atoms with Gasteiger partial charge < -0.3 is 4.90 Å². The second-order valence-corrected chi connectivity index (χ2v) is 8.13. The average molecular weight is 298 g/mol. The van der Waals surface area contributed by atoms with Crippen LogP contribution in [0.1, 0.15) is 32.1 Å². The molecule has 0 aromatic carbocycles. The summed E-state index contributed by atoms with van der Waals surface area (Å²) in [4.78, 5) is 14.8. The van der Waals surface area contributed by atoms with Gasteiger partial charge in [0.15, 0.2) is 0 Å². The topological polar surface area (TPSA) is 57.7 Å². The number of carbonyl (C=O) groups is 1. The number of sulfonamides is 1. The van der Waals surface area contributed by atoms with Gasteiger partial charge in [-0.15, -0.1) is 0 Å². The highest BCUT2D eigenvalue weighted by atomic mass is 32.2. The molecule has 2 saturated heterocycles. The summed E-state index contributed by atoms with van der Waals surface area (Å²) in [7, 11) is -3.11. The van der Waals surface area contributed by atoms with Crippen molar-refractivity contribution in [2.24, 2.45) is 5.92 Å². The first-order valence-electron chi connectivity index (χ1n) is 7.41. The van der Waals surface area contributed by atoms with E-state index < -0.39 is 10.0 Å². The number of carbonyl (C=O) groups excluding carboxylic acids is 1. The first kappa shape index (κ1) is 14.1. The van der Waals surface area contributed by atoms with Gasteiger partial charge in [-0.1, -0.05) is 12.2 Å². The summed E-state index contributed by atoms with van der Waals surface area (Å²) in [6.45, 7) is 0.961. The van der Waals surface area contributed by atoms with Crippen molar-refractivity contribution in [2.75, 3.05) is 19.3 Å². The summed E-state index contributed by atoms with van der Waals surface area (Å²) >= 11 is 0. The minimum Gasteiger partial charge on any atom is -0.333 e. The predicted molar refractivity (Wildman–Crippen MR) is 76.6 cm³/mol. The Morgan fingerprint density at radius 2 is 1.85 bits per heavy atom. The molecule has 0 radical (unpaired) electrons. The molecule has 2 bridgehead atoms. The van der Waals surface area contributed by atoms with Crippen LogP contribution in [0.25, 0.3) is 0 Å². The fourth-order valence-corrected chi connectivity index (χ4v) is 4.59. The summed E-state index contributed by atoms with van der Waals surface area (Å²) in [6.07, 6.45) is 10.1. The average Bonchev–Trinajstić information content (AvgIpc) is 2.66. The molecule has 5 nitrogen and oxygen atoms in total. The normalized spacial score (nSPS) is 31.8. The standard InChI is InChI=1S/C14H22N2O3S/c1-20(18,19)15-9-7-11(8-10-15)14(17)16-12-3-2-4-13(16)6-5-12/h2-3,11-13H,4-10H2,1H3. The maximum Gasteiger partial charge on any atom is 0.226 e. The van der Waals surface area contributed by atoms with Crippen LogP contribution in [0.15, 0.2) is 12.2 Å². The fourth-order valence-electron chi connectivity index (χ4n) is 3.71.